The van der Waals surface area contributed by atoms with Gasteiger partial charge < -0.3 is 39.8 Å². The molecule has 2 aliphatic rings. The van der Waals surface area contributed by atoms with Gasteiger partial charge >= 0.3 is 0 Å². The van der Waals surface area contributed by atoms with Crippen molar-refractivity contribution >= 4 is 69.4 Å². The van der Waals surface area contributed by atoms with Gasteiger partial charge in [-0.1, -0.05) is 51.1 Å². The summed E-state index contributed by atoms with van der Waals surface area (Å²) >= 11 is 7.38. The van der Waals surface area contributed by atoms with Crippen molar-refractivity contribution in [3.05, 3.63) is 130 Å². The van der Waals surface area contributed by atoms with E-state index in [-0.39, 0.29) is 51.1 Å². The third-order valence-corrected chi connectivity index (χ3v) is 13.5. The summed E-state index contributed by atoms with van der Waals surface area (Å²) in [5.74, 6) is -0.310. The van der Waals surface area contributed by atoms with Crippen molar-refractivity contribution in [3.63, 3.8) is 0 Å². The fraction of sp³-hybridized carbons (Fsp3) is 0.365. The van der Waals surface area contributed by atoms with Gasteiger partial charge in [-0.05, 0) is 123 Å². The Morgan fingerprint density at radius 3 is 2.13 bits per heavy atom. The first-order valence-electron chi connectivity index (χ1n) is 22.6. The van der Waals surface area contributed by atoms with Crippen molar-refractivity contribution in [1.29, 1.82) is 0 Å². The Bertz CT molecular complexity index is 2730. The van der Waals surface area contributed by atoms with E-state index in [0.717, 1.165) is 32.9 Å². The molecule has 0 radical (unpaired) electrons. The third kappa shape index (κ3) is 11.4. The van der Waals surface area contributed by atoms with E-state index in [1.165, 1.54) is 9.80 Å². The maximum absolute atomic E-state index is 14.1. The van der Waals surface area contributed by atoms with E-state index in [0.29, 0.717) is 40.2 Å². The van der Waals surface area contributed by atoms with Crippen LogP contribution in [0.5, 0.6) is 11.5 Å². The van der Waals surface area contributed by atoms with Gasteiger partial charge in [0.1, 0.15) is 42.3 Å². The number of thiazole rings is 1. The Morgan fingerprint density at radius 2 is 1.55 bits per heavy atom. The number of rotatable bonds is 17. The maximum Gasteiger partial charge on any atom is 0.259 e. The monoisotopic (exact) mass is 971 g/mol. The highest BCUT2D eigenvalue weighted by Gasteiger charge is 2.50. The van der Waals surface area contributed by atoms with Gasteiger partial charge in [0.25, 0.3) is 11.8 Å². The molecule has 0 bridgehead atoms. The molecule has 4 aromatic carbocycles. The summed E-state index contributed by atoms with van der Waals surface area (Å²) in [7, 11) is 0. The lowest BCUT2D eigenvalue weighted by atomic mass is 9.85. The molecule has 0 saturated carbocycles. The lowest BCUT2D eigenvalue weighted by molar-refractivity contribution is -0.142. The molecule has 17 heteroatoms. The fourth-order valence-corrected chi connectivity index (χ4v) is 9.62. The molecule has 2 fully saturated rings. The summed E-state index contributed by atoms with van der Waals surface area (Å²) < 4.78 is 17.4. The molecule has 7 rings (SSSR count). The second-order valence-electron chi connectivity index (χ2n) is 18.6. The second-order valence-corrected chi connectivity index (χ2v) is 19.8. The minimum atomic E-state index is -0.989. The molecule has 0 unspecified atom stereocenters. The van der Waals surface area contributed by atoms with E-state index in [2.05, 4.69) is 20.5 Å². The van der Waals surface area contributed by atoms with E-state index >= 15 is 0 Å². The molecule has 2 aliphatic heterocycles. The van der Waals surface area contributed by atoms with E-state index in [1.807, 2.05) is 107 Å². The molecule has 3 atom stereocenters. The first-order valence-corrected chi connectivity index (χ1v) is 23.9. The first kappa shape index (κ1) is 50.2. The van der Waals surface area contributed by atoms with Gasteiger partial charge in [-0.3, -0.25) is 24.1 Å². The topological polar surface area (TPSA) is 167 Å². The number of anilines is 2. The van der Waals surface area contributed by atoms with Gasteiger partial charge in [-0.25, -0.2) is 9.83 Å². The normalized spacial score (nSPS) is 17.1. The highest BCUT2D eigenvalue weighted by atomic mass is 32.1. The van der Waals surface area contributed by atoms with E-state index in [4.69, 9.17) is 33.0 Å². The SMILES string of the molecule is [C-]#[N+]c1ccc(N2C(=O)C(C)(C)N(c3ccc(OCCOCCOc4ccc(C(=O)N[C@H](C(=O)N5C[C@H](O)C[C@H]5C(=O)NCc5ccc(-c6scnc6C)cc5)C(C)(C)C)cc4)cc3)C2=S)cc1C. The van der Waals surface area contributed by atoms with Crippen molar-refractivity contribution < 1.29 is 38.5 Å². The number of aliphatic hydroxyl groups is 1. The van der Waals surface area contributed by atoms with Crippen molar-refractivity contribution in [2.75, 3.05) is 42.8 Å². The second kappa shape index (κ2) is 21.3. The molecule has 0 aliphatic carbocycles. The van der Waals surface area contributed by atoms with Crippen molar-refractivity contribution in [1.82, 2.24) is 20.5 Å². The number of β-amino-alcohol motifs (C(OH)–C–C–N with tert-alkyl or cyclic N) is 1. The van der Waals surface area contributed by atoms with Crippen LogP contribution in [0.15, 0.2) is 96.5 Å². The number of aliphatic hydroxyl groups excluding tert-OH is 1. The summed E-state index contributed by atoms with van der Waals surface area (Å²) in [6.45, 7) is 21.7. The molecule has 5 aromatic rings. The molecule has 1 aromatic heterocycles. The number of amides is 4. The average molecular weight is 972 g/mol. The van der Waals surface area contributed by atoms with Gasteiger partial charge in [0, 0.05) is 36.4 Å². The minimum absolute atomic E-state index is 0.0267. The molecule has 4 amide bonds. The third-order valence-electron chi connectivity index (χ3n) is 12.1. The Labute approximate surface area is 412 Å². The number of nitrogens with one attached hydrogen (secondary N) is 2. The summed E-state index contributed by atoms with van der Waals surface area (Å²) in [6.07, 6.45) is -0.797. The van der Waals surface area contributed by atoms with Crippen molar-refractivity contribution in [2.45, 2.75) is 85.2 Å². The lowest BCUT2D eigenvalue weighted by Gasteiger charge is -2.35. The van der Waals surface area contributed by atoms with Crippen LogP contribution in [0.1, 0.15) is 68.2 Å². The maximum atomic E-state index is 14.1. The van der Waals surface area contributed by atoms with E-state index in [9.17, 15) is 24.3 Å². The average Bonchev–Trinajstić information content (AvgIpc) is 3.99. The van der Waals surface area contributed by atoms with E-state index in [1.54, 1.807) is 53.8 Å². The summed E-state index contributed by atoms with van der Waals surface area (Å²) in [4.78, 5) is 68.4. The minimum Gasteiger partial charge on any atom is -0.491 e. The van der Waals surface area contributed by atoms with Crippen LogP contribution in [0.2, 0.25) is 0 Å². The highest BCUT2D eigenvalue weighted by molar-refractivity contribution is 7.81. The molecule has 3 heterocycles. The zero-order valence-corrected chi connectivity index (χ0v) is 41.4. The van der Waals surface area contributed by atoms with Crippen LogP contribution in [0.3, 0.4) is 0 Å². The van der Waals surface area contributed by atoms with Gasteiger partial charge in [-0.2, -0.15) is 0 Å². The highest BCUT2D eigenvalue weighted by Crippen LogP contribution is 2.38. The Kier molecular flexibility index (Phi) is 15.5. The van der Waals surface area contributed by atoms with Gasteiger partial charge in [0.05, 0.1) is 42.0 Å². The number of aromatic nitrogens is 1. The molecule has 69 heavy (non-hydrogen) atoms. The van der Waals surface area contributed by atoms with Crippen LogP contribution in [-0.2, 0) is 25.7 Å². The summed E-state index contributed by atoms with van der Waals surface area (Å²) in [5, 5.41) is 16.8. The number of carbonyl (C=O) groups excluding carboxylic acids is 4. The number of hydrogen-bond acceptors (Lipinski definition) is 11. The molecular weight excluding hydrogens is 915 g/mol. The lowest BCUT2D eigenvalue weighted by Crippen LogP contribution is -2.57. The predicted octanol–water partition coefficient (Wildman–Crippen LogP) is 7.79. The van der Waals surface area contributed by atoms with Crippen LogP contribution in [-0.4, -0.2) is 100 Å². The number of aryl methyl sites for hydroxylation is 2. The number of carbonyl (C=O) groups is 4. The standard InChI is InChI=1S/C52H57N7O8S2/c1-32-27-38(17-22-42(32)53-8)58-49(64)52(6,7)59(50(58)68)37-15-20-41(21-16-37)67-26-24-65-23-25-66-40-18-13-36(14-19-40)46(61)56-45(51(3,4)5)48(63)57-30-39(60)28-43(57)47(62)54-29-34-9-11-35(12-10-34)44-33(2)55-31-69-44/h9-22,27,31,39,43,45,60H,23-26,28-30H2,1-7H3,(H,54,62)(H,56,61)/t39-,43+,45-/m1/s1. The number of nitrogens with zero attached hydrogens (tertiary/aromatic N) is 5. The molecule has 3 N–H and O–H groups in total. The summed E-state index contributed by atoms with van der Waals surface area (Å²) in [6, 6.07) is 25.1. The van der Waals surface area contributed by atoms with Crippen LogP contribution in [0, 0.1) is 25.8 Å². The summed E-state index contributed by atoms with van der Waals surface area (Å²) in [5.41, 5.74) is 6.00. The van der Waals surface area contributed by atoms with Gasteiger partial charge in [0.15, 0.2) is 10.8 Å². The van der Waals surface area contributed by atoms with Crippen LogP contribution in [0.25, 0.3) is 15.3 Å². The van der Waals surface area contributed by atoms with Crippen molar-refractivity contribution in [2.24, 2.45) is 5.41 Å². The Hall–Kier alpha value is -6.71. The van der Waals surface area contributed by atoms with Crippen LogP contribution < -0.4 is 29.9 Å². The molecule has 2 saturated heterocycles. The number of benzene rings is 4. The molecule has 15 nitrogen and oxygen atoms in total. The number of ether oxygens (including phenoxy) is 3. The largest absolute Gasteiger partial charge is 0.491 e. The molecular formula is C52H57N7O8S2. The Balaban J connectivity index is 0.839. The number of likely N-dealkylation sites (tertiary alicyclic amines) is 1. The smallest absolute Gasteiger partial charge is 0.259 e. The van der Waals surface area contributed by atoms with Crippen LogP contribution in [0.4, 0.5) is 17.1 Å². The van der Waals surface area contributed by atoms with E-state index < -0.39 is 41.0 Å². The van der Waals surface area contributed by atoms with Crippen LogP contribution >= 0.6 is 23.6 Å². The van der Waals surface area contributed by atoms with Gasteiger partial charge in [-0.15, -0.1) is 11.3 Å². The first-order chi connectivity index (χ1) is 32.9. The molecule has 0 spiro atoms. The number of thiocarbonyl (C=S) groups is 1. The zero-order chi connectivity index (χ0) is 49.6. The zero-order valence-electron chi connectivity index (χ0n) is 39.8. The molecule has 360 valence electrons. The Morgan fingerprint density at radius 1 is 0.928 bits per heavy atom. The fourth-order valence-electron chi connectivity index (χ4n) is 8.29. The number of hydrogen-bond donors (Lipinski definition) is 3. The predicted molar refractivity (Wildman–Crippen MR) is 270 cm³/mol. The van der Waals surface area contributed by atoms with Crippen molar-refractivity contribution in [3.8, 4) is 21.9 Å². The van der Waals surface area contributed by atoms with Gasteiger partial charge in [0.2, 0.25) is 11.8 Å². The quantitative estimate of drug-likeness (QED) is 0.0473.